The van der Waals surface area contributed by atoms with Crippen LogP contribution in [-0.2, 0) is 24.8 Å². The molecule has 12 nitrogen and oxygen atoms in total. The monoisotopic (exact) mass is 476 g/mol. The van der Waals surface area contributed by atoms with Crippen molar-refractivity contribution in [2.75, 3.05) is 36.5 Å². The van der Waals surface area contributed by atoms with Gasteiger partial charge >= 0.3 is 0 Å². The van der Waals surface area contributed by atoms with Crippen LogP contribution < -0.4 is 20.5 Å². The number of nitrogens with two attached hydrogens (primary N) is 2. The highest BCUT2D eigenvalue weighted by molar-refractivity contribution is 7.90. The molecule has 1 aromatic heterocycles. The lowest BCUT2D eigenvalue weighted by Gasteiger charge is -2.27. The zero-order valence-electron chi connectivity index (χ0n) is 15.3. The van der Waals surface area contributed by atoms with E-state index in [-0.39, 0.29) is 11.4 Å². The van der Waals surface area contributed by atoms with Crippen molar-refractivity contribution in [2.24, 2.45) is 10.3 Å². The number of carbonyl (C=O) groups is 1. The van der Waals surface area contributed by atoms with Crippen LogP contribution >= 0.6 is 11.6 Å². The van der Waals surface area contributed by atoms with Crippen LogP contribution in [0.2, 0.25) is 5.02 Å². The molecule has 1 aliphatic heterocycles. The van der Waals surface area contributed by atoms with Gasteiger partial charge in [0, 0.05) is 19.2 Å². The van der Waals surface area contributed by atoms with Gasteiger partial charge in [-0.2, -0.15) is 0 Å². The first kappa shape index (κ1) is 22.3. The molecule has 5 N–H and O–H groups in total. The Bertz CT molecular complexity index is 1200. The van der Waals surface area contributed by atoms with Crippen molar-refractivity contribution < 1.29 is 26.4 Å². The van der Waals surface area contributed by atoms with Gasteiger partial charge in [-0.15, -0.1) is 0 Å². The van der Waals surface area contributed by atoms with E-state index in [0.29, 0.717) is 38.2 Å². The fourth-order valence-electron chi connectivity index (χ4n) is 2.71. The van der Waals surface area contributed by atoms with E-state index in [1.54, 1.807) is 0 Å². The highest BCUT2D eigenvalue weighted by Gasteiger charge is 2.24. The average molecular weight is 477 g/mol. The minimum atomic E-state index is -4.43. The maximum Gasteiger partial charge on any atom is 0.274 e. The molecule has 0 unspecified atom stereocenters. The molecule has 1 fully saturated rings. The fraction of sp³-hybridized carbons (Fsp3) is 0.267. The number of halogens is 1. The first-order valence-corrected chi connectivity index (χ1v) is 11.8. The van der Waals surface area contributed by atoms with Crippen LogP contribution in [0.15, 0.2) is 34.3 Å². The molecule has 3 rings (SSSR count). The largest absolute Gasteiger partial charge is 0.378 e. The summed E-state index contributed by atoms with van der Waals surface area (Å²) in [5.74, 6) is -0.288. The van der Waals surface area contributed by atoms with Gasteiger partial charge < -0.3 is 15.0 Å². The number of nitrogens with one attached hydrogen (secondary N) is 1. The SMILES string of the molecule is NS(=O)(=O)c1cc(S(N)(=O)=O)c(NC(=O)c2cc(N3CCOCC3)ncn2)cc1Cl. The summed E-state index contributed by atoms with van der Waals surface area (Å²) in [6.07, 6.45) is 1.19. The highest BCUT2D eigenvalue weighted by atomic mass is 35.5. The summed E-state index contributed by atoms with van der Waals surface area (Å²) in [6.45, 7) is 2.19. The van der Waals surface area contributed by atoms with Crippen LogP contribution in [0.1, 0.15) is 10.5 Å². The van der Waals surface area contributed by atoms with Crippen molar-refractivity contribution in [2.45, 2.75) is 9.79 Å². The number of primary sulfonamides is 2. The van der Waals surface area contributed by atoms with E-state index in [0.717, 1.165) is 6.07 Å². The van der Waals surface area contributed by atoms with Gasteiger partial charge in [0.25, 0.3) is 5.91 Å². The molecule has 2 heterocycles. The summed E-state index contributed by atoms with van der Waals surface area (Å²) in [5, 5.41) is 12.1. The topological polar surface area (TPSA) is 188 Å². The minimum absolute atomic E-state index is 0.0569. The number of rotatable bonds is 5. The molecular formula is C15H17ClN6O6S2. The number of amides is 1. The Morgan fingerprint density at radius 2 is 1.67 bits per heavy atom. The van der Waals surface area contributed by atoms with Crippen LogP contribution in [0.5, 0.6) is 0 Å². The third-order valence-corrected chi connectivity index (χ3v) is 6.44. The molecule has 162 valence electrons. The first-order chi connectivity index (χ1) is 14.0. The number of nitrogens with zero attached hydrogens (tertiary/aromatic N) is 3. The van der Waals surface area contributed by atoms with E-state index < -0.39 is 40.8 Å². The van der Waals surface area contributed by atoms with Gasteiger partial charge in [0.1, 0.15) is 27.6 Å². The standard InChI is InChI=1S/C15H17ClN6O6S2/c16-9-5-10(13(30(18,26)27)7-12(9)29(17,24)25)21-15(23)11-6-14(20-8-19-11)22-1-3-28-4-2-22/h5-8H,1-4H2,(H,21,23)(H2,17,24,25)(H2,18,26,27). The maximum absolute atomic E-state index is 12.7. The third kappa shape index (κ3) is 5.03. The van der Waals surface area contributed by atoms with Gasteiger partial charge in [-0.05, 0) is 12.1 Å². The number of carbonyl (C=O) groups excluding carboxylic acids is 1. The van der Waals surface area contributed by atoms with Gasteiger partial charge in [0.15, 0.2) is 0 Å². The minimum Gasteiger partial charge on any atom is -0.378 e. The number of sulfonamides is 2. The molecule has 2 aromatic rings. The second-order valence-electron chi connectivity index (χ2n) is 6.18. The lowest BCUT2D eigenvalue weighted by Crippen LogP contribution is -2.37. The molecule has 0 atom stereocenters. The van der Waals surface area contributed by atoms with Crippen LogP contribution in [0.3, 0.4) is 0 Å². The van der Waals surface area contributed by atoms with Crippen molar-refractivity contribution in [3.8, 4) is 0 Å². The molecular weight excluding hydrogens is 460 g/mol. The maximum atomic E-state index is 12.7. The van der Waals surface area contributed by atoms with Gasteiger partial charge in [0.05, 0.1) is 23.9 Å². The molecule has 1 aromatic carbocycles. The number of ether oxygens (including phenoxy) is 1. The smallest absolute Gasteiger partial charge is 0.274 e. The Morgan fingerprint density at radius 1 is 1.03 bits per heavy atom. The van der Waals surface area contributed by atoms with Crippen molar-refractivity contribution in [1.29, 1.82) is 0 Å². The normalized spacial score (nSPS) is 15.1. The summed E-state index contributed by atoms with van der Waals surface area (Å²) >= 11 is 5.90. The predicted octanol–water partition coefficient (Wildman–Crippen LogP) is -0.486. The lowest BCUT2D eigenvalue weighted by molar-refractivity contribution is 0.102. The molecule has 30 heavy (non-hydrogen) atoms. The third-order valence-electron chi connectivity index (χ3n) is 4.12. The predicted molar refractivity (Wildman–Crippen MR) is 107 cm³/mol. The summed E-state index contributed by atoms with van der Waals surface area (Å²) < 4.78 is 52.4. The molecule has 0 spiro atoms. The molecule has 0 radical (unpaired) electrons. The number of benzene rings is 1. The number of aromatic nitrogens is 2. The van der Waals surface area contributed by atoms with Gasteiger partial charge in [-0.3, -0.25) is 4.79 Å². The first-order valence-electron chi connectivity index (χ1n) is 8.32. The Morgan fingerprint density at radius 3 is 2.27 bits per heavy atom. The van der Waals surface area contributed by atoms with Crippen molar-refractivity contribution in [1.82, 2.24) is 9.97 Å². The summed E-state index contributed by atoms with van der Waals surface area (Å²) in [4.78, 5) is 21.2. The van der Waals surface area contributed by atoms with E-state index in [1.165, 1.54) is 12.4 Å². The van der Waals surface area contributed by atoms with Gasteiger partial charge in [0.2, 0.25) is 20.0 Å². The van der Waals surface area contributed by atoms with Crippen molar-refractivity contribution >= 4 is 49.1 Å². The van der Waals surface area contributed by atoms with E-state index in [1.807, 2.05) is 4.90 Å². The van der Waals surface area contributed by atoms with Crippen LogP contribution in [-0.4, -0.2) is 59.0 Å². The van der Waals surface area contributed by atoms with E-state index in [2.05, 4.69) is 15.3 Å². The summed E-state index contributed by atoms with van der Waals surface area (Å²) in [7, 11) is -8.77. The van der Waals surface area contributed by atoms with E-state index >= 15 is 0 Å². The van der Waals surface area contributed by atoms with Gasteiger partial charge in [-0.1, -0.05) is 11.6 Å². The molecule has 1 saturated heterocycles. The van der Waals surface area contributed by atoms with E-state index in [9.17, 15) is 21.6 Å². The van der Waals surface area contributed by atoms with Crippen LogP contribution in [0, 0.1) is 0 Å². The van der Waals surface area contributed by atoms with Crippen molar-refractivity contribution in [3.63, 3.8) is 0 Å². The summed E-state index contributed by atoms with van der Waals surface area (Å²) in [5.41, 5.74) is -0.384. The molecule has 15 heteroatoms. The number of morpholine rings is 1. The van der Waals surface area contributed by atoms with Crippen LogP contribution in [0.25, 0.3) is 0 Å². The number of hydrogen-bond donors (Lipinski definition) is 3. The quantitative estimate of drug-likeness (QED) is 0.511. The molecule has 0 bridgehead atoms. The van der Waals surface area contributed by atoms with E-state index in [4.69, 9.17) is 26.6 Å². The highest BCUT2D eigenvalue weighted by Crippen LogP contribution is 2.31. The average Bonchev–Trinajstić information content (AvgIpc) is 2.67. The van der Waals surface area contributed by atoms with Gasteiger partial charge in [-0.25, -0.2) is 37.1 Å². The zero-order chi connectivity index (χ0) is 22.1. The molecule has 0 saturated carbocycles. The Hall–Kier alpha value is -2.36. The Balaban J connectivity index is 1.96. The fourth-order valence-corrected chi connectivity index (χ4v) is 4.58. The van der Waals surface area contributed by atoms with Crippen LogP contribution in [0.4, 0.5) is 11.5 Å². The number of hydrogen-bond acceptors (Lipinski definition) is 9. The lowest BCUT2D eigenvalue weighted by atomic mass is 10.3. The molecule has 0 aliphatic carbocycles. The Labute approximate surface area is 177 Å². The summed E-state index contributed by atoms with van der Waals surface area (Å²) in [6, 6.07) is 3.04. The number of anilines is 2. The second kappa shape index (κ2) is 8.41. The zero-order valence-corrected chi connectivity index (χ0v) is 17.7. The molecule has 1 amide bonds. The Kier molecular flexibility index (Phi) is 6.26. The second-order valence-corrected chi connectivity index (χ2v) is 9.65. The van der Waals surface area contributed by atoms with Crippen molar-refractivity contribution in [3.05, 3.63) is 35.2 Å². The molecule has 1 aliphatic rings.